The quantitative estimate of drug-likeness (QED) is 0.751. The van der Waals surface area contributed by atoms with Gasteiger partial charge >= 0.3 is 0 Å². The predicted molar refractivity (Wildman–Crippen MR) is 56.6 cm³/mol. The van der Waals surface area contributed by atoms with Crippen LogP contribution in [-0.4, -0.2) is 4.98 Å². The Kier molecular flexibility index (Phi) is 3.42. The molecule has 1 heterocycles. The lowest BCUT2D eigenvalue weighted by atomic mass is 9.75. The van der Waals surface area contributed by atoms with Crippen LogP contribution in [0.2, 0.25) is 0 Å². The second kappa shape index (κ2) is 4.57. The summed E-state index contributed by atoms with van der Waals surface area (Å²) in [4.78, 5) is 4.17. The van der Waals surface area contributed by atoms with E-state index in [0.29, 0.717) is 6.42 Å². The average Bonchev–Trinajstić information content (AvgIpc) is 2.19. The van der Waals surface area contributed by atoms with Gasteiger partial charge in [0.2, 0.25) is 0 Å². The van der Waals surface area contributed by atoms with Crippen molar-refractivity contribution in [1.82, 2.24) is 4.98 Å². The number of nitrogens with zero attached hydrogens (tertiary/aromatic N) is 3. The Balaban J connectivity index is 3.02. The Morgan fingerprint density at radius 2 is 2.13 bits per heavy atom. The molecule has 1 atom stereocenters. The van der Waals surface area contributed by atoms with Gasteiger partial charge in [0.15, 0.2) is 0 Å². The van der Waals surface area contributed by atoms with Crippen molar-refractivity contribution in [3.05, 3.63) is 30.1 Å². The van der Waals surface area contributed by atoms with Gasteiger partial charge in [-0.3, -0.25) is 4.98 Å². The van der Waals surface area contributed by atoms with Crippen LogP contribution in [0.1, 0.15) is 31.9 Å². The summed E-state index contributed by atoms with van der Waals surface area (Å²) < 4.78 is 0. The Labute approximate surface area is 90.0 Å². The minimum Gasteiger partial charge on any atom is -0.260 e. The molecule has 0 radical (unpaired) electrons. The van der Waals surface area contributed by atoms with E-state index < -0.39 is 0 Å². The predicted octanol–water partition coefficient (Wildman–Crippen LogP) is 2.63. The van der Waals surface area contributed by atoms with Crippen LogP contribution in [0.4, 0.5) is 0 Å². The molecule has 1 aromatic heterocycles. The van der Waals surface area contributed by atoms with Crippen LogP contribution in [0.15, 0.2) is 24.4 Å². The number of hydrogen-bond acceptors (Lipinski definition) is 3. The van der Waals surface area contributed by atoms with Crippen molar-refractivity contribution in [3.8, 4) is 12.1 Å². The highest BCUT2D eigenvalue weighted by Gasteiger charge is 2.31. The summed E-state index contributed by atoms with van der Waals surface area (Å²) >= 11 is 0. The molecule has 0 bridgehead atoms. The van der Waals surface area contributed by atoms with E-state index in [9.17, 15) is 0 Å². The minimum atomic E-state index is -0.363. The summed E-state index contributed by atoms with van der Waals surface area (Å²) in [5.41, 5.74) is 0.373. The summed E-state index contributed by atoms with van der Waals surface area (Å²) in [6.45, 7) is 3.83. The maximum atomic E-state index is 9.14. The van der Waals surface area contributed by atoms with Crippen LogP contribution in [-0.2, 0) is 0 Å². The molecular weight excluding hydrogens is 186 g/mol. The Morgan fingerprint density at radius 3 is 2.60 bits per heavy atom. The monoisotopic (exact) mass is 199 g/mol. The van der Waals surface area contributed by atoms with E-state index in [1.807, 2.05) is 32.0 Å². The van der Waals surface area contributed by atoms with Crippen molar-refractivity contribution in [3.63, 3.8) is 0 Å². The topological polar surface area (TPSA) is 60.5 Å². The zero-order valence-corrected chi connectivity index (χ0v) is 8.94. The smallest absolute Gasteiger partial charge is 0.0945 e. The molecule has 76 valence electrons. The van der Waals surface area contributed by atoms with Crippen molar-refractivity contribution < 1.29 is 0 Å². The van der Waals surface area contributed by atoms with Crippen LogP contribution < -0.4 is 0 Å². The number of pyridine rings is 1. The van der Waals surface area contributed by atoms with Crippen LogP contribution in [0.3, 0.4) is 0 Å². The van der Waals surface area contributed by atoms with E-state index in [0.717, 1.165) is 5.69 Å². The molecule has 3 heteroatoms. The van der Waals surface area contributed by atoms with Gasteiger partial charge in [-0.25, -0.2) is 0 Å². The van der Waals surface area contributed by atoms with Crippen molar-refractivity contribution in [2.45, 2.75) is 26.2 Å². The standard InChI is InChI=1S/C12H13N3/c1-12(2,6-7-13)10(9-14)11-5-3-4-8-15-11/h3-5,8,10H,6H2,1-2H3. The van der Waals surface area contributed by atoms with Crippen LogP contribution in [0.5, 0.6) is 0 Å². The number of aromatic nitrogens is 1. The van der Waals surface area contributed by atoms with E-state index in [2.05, 4.69) is 17.1 Å². The van der Waals surface area contributed by atoms with Crippen molar-refractivity contribution in [2.24, 2.45) is 5.41 Å². The zero-order chi connectivity index (χ0) is 11.3. The van der Waals surface area contributed by atoms with Gasteiger partial charge in [-0.15, -0.1) is 0 Å². The maximum absolute atomic E-state index is 9.14. The zero-order valence-electron chi connectivity index (χ0n) is 8.94. The van der Waals surface area contributed by atoms with E-state index in [1.165, 1.54) is 0 Å². The highest BCUT2D eigenvalue weighted by atomic mass is 14.7. The average molecular weight is 199 g/mol. The highest BCUT2D eigenvalue weighted by molar-refractivity contribution is 5.21. The SMILES string of the molecule is CC(C)(CC#N)C(C#N)c1ccccn1. The van der Waals surface area contributed by atoms with Gasteiger partial charge in [-0.05, 0) is 17.5 Å². The lowest BCUT2D eigenvalue weighted by Crippen LogP contribution is -2.21. The molecule has 3 nitrogen and oxygen atoms in total. The maximum Gasteiger partial charge on any atom is 0.0945 e. The first kappa shape index (κ1) is 11.2. The van der Waals surface area contributed by atoms with Gasteiger partial charge in [0, 0.05) is 12.6 Å². The van der Waals surface area contributed by atoms with E-state index in [-0.39, 0.29) is 11.3 Å². The van der Waals surface area contributed by atoms with Crippen LogP contribution >= 0.6 is 0 Å². The summed E-state index contributed by atoms with van der Waals surface area (Å²) in [6, 6.07) is 9.84. The Bertz CT molecular complexity index is 395. The normalized spacial score (nSPS) is 12.5. The molecule has 0 aliphatic rings. The molecular formula is C12H13N3. The van der Waals surface area contributed by atoms with Gasteiger partial charge in [0.1, 0.15) is 0 Å². The third-order valence-electron chi connectivity index (χ3n) is 2.43. The molecule has 0 aliphatic heterocycles. The molecule has 0 aromatic carbocycles. The largest absolute Gasteiger partial charge is 0.260 e. The minimum absolute atomic E-state index is 0.335. The molecule has 15 heavy (non-hydrogen) atoms. The van der Waals surface area contributed by atoms with Crippen LogP contribution in [0.25, 0.3) is 0 Å². The fourth-order valence-corrected chi connectivity index (χ4v) is 1.49. The fourth-order valence-electron chi connectivity index (χ4n) is 1.49. The molecule has 0 aliphatic carbocycles. The van der Waals surface area contributed by atoms with Gasteiger partial charge in [0.25, 0.3) is 0 Å². The Hall–Kier alpha value is -1.87. The second-order valence-electron chi connectivity index (χ2n) is 4.14. The van der Waals surface area contributed by atoms with E-state index in [4.69, 9.17) is 10.5 Å². The summed E-state index contributed by atoms with van der Waals surface area (Å²) in [5, 5.41) is 17.9. The molecule has 1 rings (SSSR count). The van der Waals surface area contributed by atoms with Gasteiger partial charge in [-0.1, -0.05) is 19.9 Å². The number of rotatable bonds is 3. The fraction of sp³-hybridized carbons (Fsp3) is 0.417. The molecule has 1 aromatic rings. The first-order chi connectivity index (χ1) is 7.11. The summed E-state index contributed by atoms with van der Waals surface area (Å²) in [7, 11) is 0. The lowest BCUT2D eigenvalue weighted by molar-refractivity contribution is 0.334. The number of nitriles is 2. The molecule has 0 spiro atoms. The van der Waals surface area contributed by atoms with Crippen molar-refractivity contribution in [1.29, 1.82) is 10.5 Å². The van der Waals surface area contributed by atoms with E-state index >= 15 is 0 Å². The molecule has 0 amide bonds. The first-order valence-electron chi connectivity index (χ1n) is 4.79. The lowest BCUT2D eigenvalue weighted by Gasteiger charge is -2.26. The Morgan fingerprint density at radius 1 is 1.40 bits per heavy atom. The third-order valence-corrected chi connectivity index (χ3v) is 2.43. The van der Waals surface area contributed by atoms with Gasteiger partial charge in [0.05, 0.1) is 23.8 Å². The molecule has 0 saturated carbocycles. The number of hydrogen-bond donors (Lipinski definition) is 0. The van der Waals surface area contributed by atoms with Crippen molar-refractivity contribution >= 4 is 0 Å². The van der Waals surface area contributed by atoms with E-state index in [1.54, 1.807) is 6.20 Å². The molecule has 1 unspecified atom stereocenters. The summed E-state index contributed by atoms with van der Waals surface area (Å²) in [6.07, 6.45) is 2.02. The second-order valence-corrected chi connectivity index (χ2v) is 4.14. The third kappa shape index (κ3) is 2.54. The molecule has 0 fully saturated rings. The van der Waals surface area contributed by atoms with Crippen molar-refractivity contribution in [2.75, 3.05) is 0 Å². The highest BCUT2D eigenvalue weighted by Crippen LogP contribution is 2.36. The van der Waals surface area contributed by atoms with Gasteiger partial charge < -0.3 is 0 Å². The van der Waals surface area contributed by atoms with Gasteiger partial charge in [-0.2, -0.15) is 10.5 Å². The first-order valence-corrected chi connectivity index (χ1v) is 4.79. The molecule has 0 saturated heterocycles. The molecule has 0 N–H and O–H groups in total. The summed E-state index contributed by atoms with van der Waals surface area (Å²) in [5.74, 6) is -0.335. The van der Waals surface area contributed by atoms with Crippen LogP contribution in [0, 0.1) is 28.1 Å².